The Bertz CT molecular complexity index is 349. The van der Waals surface area contributed by atoms with Crippen molar-refractivity contribution in [3.05, 3.63) is 16.1 Å². The van der Waals surface area contributed by atoms with E-state index in [9.17, 15) is 0 Å². The molecule has 2 rings (SSSR count). The third-order valence-electron chi connectivity index (χ3n) is 2.90. The molecule has 0 amide bonds. The van der Waals surface area contributed by atoms with Gasteiger partial charge in [-0.3, -0.25) is 0 Å². The van der Waals surface area contributed by atoms with E-state index in [1.807, 2.05) is 0 Å². The second-order valence-corrected chi connectivity index (χ2v) is 7.93. The summed E-state index contributed by atoms with van der Waals surface area (Å²) in [5, 5.41) is 7.79. The summed E-state index contributed by atoms with van der Waals surface area (Å²) in [7, 11) is 0. The molecule has 2 heterocycles. The average Bonchev–Trinajstić information content (AvgIpc) is 2.86. The molecule has 1 aromatic heterocycles. The summed E-state index contributed by atoms with van der Waals surface area (Å²) in [6.45, 7) is 8.71. The molecule has 1 saturated heterocycles. The highest BCUT2D eigenvalue weighted by atomic mass is 32.2. The van der Waals surface area contributed by atoms with Crippen LogP contribution in [0.3, 0.4) is 0 Å². The minimum atomic E-state index is 0.185. The molecule has 1 unspecified atom stereocenters. The van der Waals surface area contributed by atoms with E-state index >= 15 is 0 Å². The van der Waals surface area contributed by atoms with Gasteiger partial charge in [0.05, 0.1) is 10.7 Å². The molecule has 1 aliphatic heterocycles. The molecule has 96 valence electrons. The van der Waals surface area contributed by atoms with Crippen LogP contribution in [0.5, 0.6) is 0 Å². The molecule has 0 saturated carbocycles. The maximum absolute atomic E-state index is 4.69. The van der Waals surface area contributed by atoms with Gasteiger partial charge < -0.3 is 5.32 Å². The third-order valence-corrected chi connectivity index (χ3v) is 5.61. The van der Waals surface area contributed by atoms with Crippen molar-refractivity contribution >= 4 is 23.1 Å². The van der Waals surface area contributed by atoms with Gasteiger partial charge in [0.25, 0.3) is 0 Å². The Morgan fingerprint density at radius 3 is 2.88 bits per heavy atom. The van der Waals surface area contributed by atoms with Crippen LogP contribution < -0.4 is 5.32 Å². The zero-order valence-corrected chi connectivity index (χ0v) is 12.6. The molecule has 1 aromatic rings. The zero-order chi connectivity index (χ0) is 12.3. The lowest BCUT2D eigenvalue weighted by Gasteiger charge is -2.13. The minimum absolute atomic E-state index is 0.185. The van der Waals surface area contributed by atoms with Gasteiger partial charge in [-0.1, -0.05) is 20.8 Å². The molecule has 0 aromatic carbocycles. The zero-order valence-electron chi connectivity index (χ0n) is 11.0. The summed E-state index contributed by atoms with van der Waals surface area (Å²) in [5.41, 5.74) is 1.38. The minimum Gasteiger partial charge on any atom is -0.310 e. The smallest absolute Gasteiger partial charge is 0.0982 e. The summed E-state index contributed by atoms with van der Waals surface area (Å²) >= 11 is 3.89. The molecule has 4 heteroatoms. The second kappa shape index (κ2) is 5.72. The summed E-state index contributed by atoms with van der Waals surface area (Å²) in [6, 6.07) is 0. The number of rotatable bonds is 4. The Kier molecular flexibility index (Phi) is 4.50. The monoisotopic (exact) mass is 270 g/mol. The summed E-state index contributed by atoms with van der Waals surface area (Å²) in [4.78, 5) is 4.69. The predicted molar refractivity (Wildman–Crippen MR) is 78.0 cm³/mol. The van der Waals surface area contributed by atoms with Gasteiger partial charge in [0.2, 0.25) is 0 Å². The van der Waals surface area contributed by atoms with Crippen LogP contribution in [0.25, 0.3) is 0 Å². The number of thioether (sulfide) groups is 1. The SMILES string of the molecule is CC(C)(C)c1nc(CNCC2CCCS2)cs1. The highest BCUT2D eigenvalue weighted by Crippen LogP contribution is 2.26. The number of nitrogens with one attached hydrogen (secondary N) is 1. The van der Waals surface area contributed by atoms with E-state index in [4.69, 9.17) is 4.98 Å². The summed E-state index contributed by atoms with van der Waals surface area (Å²) in [5.74, 6) is 1.34. The van der Waals surface area contributed by atoms with Crippen molar-refractivity contribution in [3.8, 4) is 0 Å². The van der Waals surface area contributed by atoms with Crippen molar-refractivity contribution in [2.45, 2.75) is 50.8 Å². The predicted octanol–water partition coefficient (Wildman–Crippen LogP) is 3.43. The van der Waals surface area contributed by atoms with E-state index in [0.717, 1.165) is 18.3 Å². The van der Waals surface area contributed by atoms with E-state index in [0.29, 0.717) is 0 Å². The van der Waals surface area contributed by atoms with Crippen LogP contribution in [0.1, 0.15) is 44.3 Å². The van der Waals surface area contributed by atoms with Crippen molar-refractivity contribution in [1.29, 1.82) is 0 Å². The Labute approximate surface area is 113 Å². The summed E-state index contributed by atoms with van der Waals surface area (Å²) in [6.07, 6.45) is 2.77. The topological polar surface area (TPSA) is 24.9 Å². The van der Waals surface area contributed by atoms with Gasteiger partial charge in [-0.2, -0.15) is 11.8 Å². The number of hydrogen-bond acceptors (Lipinski definition) is 4. The molecule has 1 N–H and O–H groups in total. The quantitative estimate of drug-likeness (QED) is 0.907. The molecule has 0 spiro atoms. The van der Waals surface area contributed by atoms with Crippen LogP contribution in [0.4, 0.5) is 0 Å². The number of aromatic nitrogens is 1. The lowest BCUT2D eigenvalue weighted by atomic mass is 9.98. The first-order valence-electron chi connectivity index (χ1n) is 6.33. The van der Waals surface area contributed by atoms with Gasteiger partial charge in [0, 0.05) is 29.1 Å². The molecular formula is C13H22N2S2. The van der Waals surface area contributed by atoms with Crippen LogP contribution in [0.15, 0.2) is 5.38 Å². The van der Waals surface area contributed by atoms with E-state index in [2.05, 4.69) is 43.2 Å². The molecule has 0 aliphatic carbocycles. The highest BCUT2D eigenvalue weighted by molar-refractivity contribution is 8.00. The van der Waals surface area contributed by atoms with Gasteiger partial charge in [-0.25, -0.2) is 4.98 Å². The molecule has 0 radical (unpaired) electrons. The maximum atomic E-state index is 4.69. The van der Waals surface area contributed by atoms with Gasteiger partial charge in [-0.15, -0.1) is 11.3 Å². The van der Waals surface area contributed by atoms with Crippen molar-refractivity contribution in [2.75, 3.05) is 12.3 Å². The number of nitrogens with zero attached hydrogens (tertiary/aromatic N) is 1. The van der Waals surface area contributed by atoms with E-state index in [1.54, 1.807) is 11.3 Å². The second-order valence-electron chi connectivity index (χ2n) is 5.66. The molecule has 1 fully saturated rings. The van der Waals surface area contributed by atoms with Crippen molar-refractivity contribution < 1.29 is 0 Å². The van der Waals surface area contributed by atoms with Gasteiger partial charge in [-0.05, 0) is 18.6 Å². The van der Waals surface area contributed by atoms with Crippen LogP contribution in [0.2, 0.25) is 0 Å². The van der Waals surface area contributed by atoms with E-state index in [-0.39, 0.29) is 5.41 Å². The van der Waals surface area contributed by atoms with Crippen LogP contribution >= 0.6 is 23.1 Å². The fourth-order valence-electron chi connectivity index (χ4n) is 1.90. The lowest BCUT2D eigenvalue weighted by molar-refractivity contribution is 0.578. The van der Waals surface area contributed by atoms with Crippen molar-refractivity contribution in [1.82, 2.24) is 10.3 Å². The first kappa shape index (κ1) is 13.4. The number of hydrogen-bond donors (Lipinski definition) is 1. The molecule has 17 heavy (non-hydrogen) atoms. The van der Waals surface area contributed by atoms with Crippen LogP contribution in [0, 0.1) is 0 Å². The fourth-order valence-corrected chi connectivity index (χ4v) is 4.04. The third kappa shape index (κ3) is 3.97. The highest BCUT2D eigenvalue weighted by Gasteiger charge is 2.18. The van der Waals surface area contributed by atoms with Crippen molar-refractivity contribution in [3.63, 3.8) is 0 Å². The Morgan fingerprint density at radius 1 is 1.47 bits per heavy atom. The number of thiazole rings is 1. The fraction of sp³-hybridized carbons (Fsp3) is 0.769. The Balaban J connectivity index is 1.77. The Morgan fingerprint density at radius 2 is 2.29 bits per heavy atom. The largest absolute Gasteiger partial charge is 0.310 e. The van der Waals surface area contributed by atoms with Gasteiger partial charge in [0.15, 0.2) is 0 Å². The van der Waals surface area contributed by atoms with Crippen molar-refractivity contribution in [2.24, 2.45) is 0 Å². The van der Waals surface area contributed by atoms with Gasteiger partial charge >= 0.3 is 0 Å². The summed E-state index contributed by atoms with van der Waals surface area (Å²) < 4.78 is 0. The van der Waals surface area contributed by atoms with E-state index in [1.165, 1.54) is 29.3 Å². The molecule has 1 atom stereocenters. The standard InChI is InChI=1S/C13H22N2S2/c1-13(2,3)12-15-10(9-17-12)7-14-8-11-5-4-6-16-11/h9,11,14H,4-8H2,1-3H3. The molecule has 1 aliphatic rings. The lowest BCUT2D eigenvalue weighted by Crippen LogP contribution is -2.23. The molecule has 0 bridgehead atoms. The Hall–Kier alpha value is -0.0600. The molecule has 2 nitrogen and oxygen atoms in total. The molecular weight excluding hydrogens is 248 g/mol. The van der Waals surface area contributed by atoms with Gasteiger partial charge in [0.1, 0.15) is 0 Å². The van der Waals surface area contributed by atoms with E-state index < -0.39 is 0 Å². The van der Waals surface area contributed by atoms with Crippen LogP contribution in [-0.2, 0) is 12.0 Å². The first-order valence-corrected chi connectivity index (χ1v) is 8.26. The van der Waals surface area contributed by atoms with Crippen LogP contribution in [-0.4, -0.2) is 22.5 Å². The maximum Gasteiger partial charge on any atom is 0.0982 e. The first-order chi connectivity index (χ1) is 8.05. The normalized spacial score (nSPS) is 21.0. The average molecular weight is 270 g/mol.